The molecule has 2 aliphatic rings. The minimum absolute atomic E-state index is 0.0478. The number of benzene rings is 2. The average molecular weight is 1070 g/mol. The van der Waals surface area contributed by atoms with Gasteiger partial charge in [0.25, 0.3) is 5.92 Å². The molecule has 3 heterocycles. The molecule has 3 aromatic heterocycles. The highest BCUT2D eigenvalue weighted by molar-refractivity contribution is 7.92. The number of alkyl halides is 8. The van der Waals surface area contributed by atoms with Gasteiger partial charge in [-0.3, -0.25) is 27.5 Å². The van der Waals surface area contributed by atoms with Crippen molar-refractivity contribution in [3.05, 3.63) is 93.0 Å². The van der Waals surface area contributed by atoms with Crippen LogP contribution in [0.15, 0.2) is 42.5 Å². The Morgan fingerprint density at radius 3 is 2.28 bits per heavy atom. The van der Waals surface area contributed by atoms with Gasteiger partial charge in [-0.2, -0.15) is 45.3 Å². The summed E-state index contributed by atoms with van der Waals surface area (Å²) in [7, 11) is -2.61. The van der Waals surface area contributed by atoms with Crippen LogP contribution in [0.1, 0.15) is 66.1 Å². The molecular weight excluding hydrogens is 1030 g/mol. The second-order valence-corrected chi connectivity index (χ2v) is 21.2. The Morgan fingerprint density at radius 2 is 1.69 bits per heavy atom. The van der Waals surface area contributed by atoms with Gasteiger partial charge in [0.15, 0.2) is 21.3 Å². The van der Waals surface area contributed by atoms with Crippen molar-refractivity contribution in [1.29, 1.82) is 0 Å². The van der Waals surface area contributed by atoms with Crippen LogP contribution in [0.3, 0.4) is 0 Å². The number of carbonyl (C=O) groups excluding carboxylic acids is 2. The third-order valence-electron chi connectivity index (χ3n) is 11.9. The molecular formula is C43H39ClF10N9O6S2-. The number of nitrogens with one attached hydrogen (secondary N) is 1. The van der Waals surface area contributed by atoms with Gasteiger partial charge < -0.3 is 20.5 Å². The topological polar surface area (TPSA) is 201 Å². The van der Waals surface area contributed by atoms with E-state index in [-0.39, 0.29) is 46.6 Å². The Morgan fingerprint density at radius 1 is 1.04 bits per heavy atom. The van der Waals surface area contributed by atoms with Gasteiger partial charge in [0.05, 0.1) is 27.7 Å². The lowest BCUT2D eigenvalue weighted by molar-refractivity contribution is -0.143. The van der Waals surface area contributed by atoms with Gasteiger partial charge in [-0.15, -0.1) is 0 Å². The summed E-state index contributed by atoms with van der Waals surface area (Å²) in [6.45, 7) is -1.83. The Hall–Kier alpha value is -5.82. The fraction of sp³-hybridized carbons (Fsp3) is 0.419. The molecule has 0 bridgehead atoms. The van der Waals surface area contributed by atoms with Crippen LogP contribution >= 0.6 is 11.6 Å². The van der Waals surface area contributed by atoms with E-state index in [2.05, 4.69) is 32.3 Å². The minimum atomic E-state index is -5.21. The molecule has 0 radical (unpaired) electrons. The number of pyridine rings is 1. The quantitative estimate of drug-likeness (QED) is 0.0680. The molecule has 0 aliphatic heterocycles. The molecule has 7 rings (SSSR count). The van der Waals surface area contributed by atoms with Crippen LogP contribution < -0.4 is 15.4 Å². The summed E-state index contributed by atoms with van der Waals surface area (Å²) in [4.78, 5) is 32.8. The first-order valence-electron chi connectivity index (χ1n) is 20.9. The number of fused-ring (bicyclic) bond motifs is 4. The van der Waals surface area contributed by atoms with E-state index in [1.807, 2.05) is 0 Å². The molecule has 5 aromatic rings. The van der Waals surface area contributed by atoms with Crippen molar-refractivity contribution < 1.29 is 70.7 Å². The van der Waals surface area contributed by atoms with Crippen LogP contribution in [0, 0.1) is 29.4 Å². The lowest BCUT2D eigenvalue weighted by Gasteiger charge is -2.26. The van der Waals surface area contributed by atoms with E-state index in [1.165, 1.54) is 33.0 Å². The third kappa shape index (κ3) is 10.9. The second-order valence-electron chi connectivity index (χ2n) is 17.4. The molecule has 0 saturated heterocycles. The van der Waals surface area contributed by atoms with E-state index < -0.39 is 156 Å². The minimum Gasteiger partial charge on any atom is -0.755 e. The highest BCUT2D eigenvalue weighted by Crippen LogP contribution is 2.68. The molecule has 2 aromatic carbocycles. The zero-order valence-electron chi connectivity index (χ0n) is 37.4. The maximum Gasteiger partial charge on any atom is 0.435 e. The van der Waals surface area contributed by atoms with Crippen molar-refractivity contribution in [2.75, 3.05) is 37.2 Å². The maximum absolute atomic E-state index is 15.6. The lowest BCUT2D eigenvalue weighted by atomic mass is 9.93. The molecule has 28 heteroatoms. The van der Waals surface area contributed by atoms with E-state index >= 15 is 8.78 Å². The molecule has 0 spiro atoms. The van der Waals surface area contributed by atoms with Crippen LogP contribution in [0.5, 0.6) is 0 Å². The average Bonchev–Trinajstić information content (AvgIpc) is 3.75. The molecule has 3 N–H and O–H groups in total. The molecule has 2 amide bonds. The van der Waals surface area contributed by atoms with E-state index in [0.717, 1.165) is 35.4 Å². The molecule has 15 nitrogen and oxygen atoms in total. The molecule has 4 atom stereocenters. The summed E-state index contributed by atoms with van der Waals surface area (Å²) >= 11 is 3.20. The molecule has 1 fully saturated rings. The number of nitrogens with two attached hydrogens (primary N) is 1. The van der Waals surface area contributed by atoms with Gasteiger partial charge in [-0.1, -0.05) is 23.6 Å². The number of carbonyl (C=O) groups is 2. The number of anilines is 1. The van der Waals surface area contributed by atoms with Gasteiger partial charge in [0, 0.05) is 66.3 Å². The summed E-state index contributed by atoms with van der Waals surface area (Å²) in [6.07, 6.45) is -10.4. The van der Waals surface area contributed by atoms with Gasteiger partial charge >= 0.3 is 12.4 Å². The summed E-state index contributed by atoms with van der Waals surface area (Å²) < 4.78 is 197. The number of rotatable bonds is 15. The van der Waals surface area contributed by atoms with Crippen LogP contribution in [0.2, 0.25) is 5.02 Å². The van der Waals surface area contributed by atoms with Crippen molar-refractivity contribution in [2.24, 2.45) is 11.7 Å². The first-order valence-corrected chi connectivity index (χ1v) is 24.2. The van der Waals surface area contributed by atoms with Crippen LogP contribution in [0.4, 0.5) is 49.7 Å². The number of amides is 2. The van der Waals surface area contributed by atoms with Crippen LogP contribution in [-0.4, -0.2) is 102 Å². The number of nitrogens with zero attached hydrogens (tertiary/aromatic N) is 7. The summed E-state index contributed by atoms with van der Waals surface area (Å²) in [5.41, 5.74) is -0.103. The van der Waals surface area contributed by atoms with Crippen molar-refractivity contribution in [1.82, 2.24) is 34.8 Å². The highest BCUT2D eigenvalue weighted by Gasteiger charge is 2.68. The number of sulfone groups is 1. The molecule has 2 unspecified atom stereocenters. The number of halogens is 11. The Kier molecular flexibility index (Phi) is 14.2. The Balaban J connectivity index is 1.47. The normalized spacial score (nSPS) is 17.3. The monoisotopic (exact) mass is 1070 g/mol. The third-order valence-corrected chi connectivity index (χ3v) is 14.8. The standard InChI is InChI=1S/C43H40ClF10N9O6S2/c1-40(2,71(4,68)69)10-9-24-5-6-25(26-7-8-29(44)34-36(26)62(20-41(47,48)49)59-39(34)63(70(66)67)19-32(65)60(3)12-11-55)35(56-24)30(15-21-13-22(45)16-23(46)14-21)57-31(64)18-61-38-33(37(58-61)43(52,53)54)27-17-28(27)42(38,50)51/h5-8,13-14,16,27-28,30H,11-12,15,17-20,55H2,1-4H3,(H,57,64)(H,66,67)/p-1/t27-,28+,30?/m0/s1. The second kappa shape index (κ2) is 19.0. The summed E-state index contributed by atoms with van der Waals surface area (Å²) in [6, 6.07) is 4.95. The van der Waals surface area contributed by atoms with Crippen LogP contribution in [0.25, 0.3) is 22.0 Å². The van der Waals surface area contributed by atoms with E-state index in [1.54, 1.807) is 0 Å². The maximum atomic E-state index is 15.6. The van der Waals surface area contributed by atoms with E-state index in [9.17, 15) is 61.9 Å². The van der Waals surface area contributed by atoms with Crippen molar-refractivity contribution in [3.63, 3.8) is 0 Å². The first-order chi connectivity index (χ1) is 32.8. The molecule has 2 aliphatic carbocycles. The highest BCUT2D eigenvalue weighted by atomic mass is 35.5. The smallest absolute Gasteiger partial charge is 0.435 e. The number of hydrogen-bond donors (Lipinski definition) is 2. The molecule has 71 heavy (non-hydrogen) atoms. The number of hydrogen-bond acceptors (Lipinski definition) is 10. The number of aromatic nitrogens is 5. The predicted molar refractivity (Wildman–Crippen MR) is 236 cm³/mol. The fourth-order valence-electron chi connectivity index (χ4n) is 8.19. The number of likely N-dealkylation sites (N-methyl/N-ethyl adjacent to an activating group) is 1. The molecule has 1 saturated carbocycles. The van der Waals surface area contributed by atoms with Crippen molar-refractivity contribution in [2.45, 2.75) is 74.8 Å². The predicted octanol–water partition coefficient (Wildman–Crippen LogP) is 6.31. The van der Waals surface area contributed by atoms with Gasteiger partial charge in [0.2, 0.25) is 11.8 Å². The summed E-state index contributed by atoms with van der Waals surface area (Å²) in [5, 5.41) is 8.91. The first kappa shape index (κ1) is 53.0. The van der Waals surface area contributed by atoms with Gasteiger partial charge in [-0.25, -0.2) is 22.2 Å². The van der Waals surface area contributed by atoms with Crippen molar-refractivity contribution >= 4 is 61.2 Å². The fourth-order valence-corrected chi connectivity index (χ4v) is 9.15. The van der Waals surface area contributed by atoms with Crippen LogP contribution in [-0.2, 0) is 62.3 Å². The Labute approximate surface area is 405 Å². The molecule has 382 valence electrons. The van der Waals surface area contributed by atoms with E-state index in [4.69, 9.17) is 17.3 Å². The SMILES string of the molecule is CN(CCN)C(=O)CN(c1nn(CC(F)(F)F)c2c(-c3ccc(C#CC(C)(C)S(C)(=O)=O)nc3C(Cc3cc(F)cc(F)c3)NC(=O)Cn3nc(C(F)(F)F)c4c3C(F)(F)[C@@H]3C[C@H]43)ccc(Cl)c12)S(=O)[O-]. The van der Waals surface area contributed by atoms with Gasteiger partial charge in [-0.05, 0) is 74.4 Å². The zero-order valence-corrected chi connectivity index (χ0v) is 39.7. The van der Waals surface area contributed by atoms with Crippen molar-refractivity contribution in [3.8, 4) is 23.0 Å². The van der Waals surface area contributed by atoms with Gasteiger partial charge in [0.1, 0.15) is 47.4 Å². The van der Waals surface area contributed by atoms with E-state index in [0.29, 0.717) is 15.1 Å². The largest absolute Gasteiger partial charge is 0.755 e. The lowest BCUT2D eigenvalue weighted by Crippen LogP contribution is -2.41. The summed E-state index contributed by atoms with van der Waals surface area (Å²) in [5.74, 6) is -6.61. The zero-order chi connectivity index (χ0) is 52.5. The Bertz CT molecular complexity index is 3150.